The summed E-state index contributed by atoms with van der Waals surface area (Å²) in [7, 11) is 0. The van der Waals surface area contributed by atoms with Crippen LogP contribution in [-0.4, -0.2) is 35.6 Å². The van der Waals surface area contributed by atoms with Crippen LogP contribution >= 0.6 is 0 Å². The number of imide groups is 1. The Balaban J connectivity index is 1.15. The molecule has 1 aliphatic heterocycles. The summed E-state index contributed by atoms with van der Waals surface area (Å²) < 4.78 is 18.4. The van der Waals surface area contributed by atoms with Gasteiger partial charge in [0, 0.05) is 5.69 Å². The molecule has 0 aromatic heterocycles. The zero-order valence-corrected chi connectivity index (χ0v) is 17.0. The monoisotopic (exact) mass is 433 g/mol. The third-order valence-electron chi connectivity index (χ3n) is 6.15. The van der Waals surface area contributed by atoms with Crippen molar-refractivity contribution in [2.75, 3.05) is 11.9 Å². The molecule has 2 aromatic rings. The number of halogens is 1. The molecule has 1 saturated carbocycles. The molecule has 1 N–H and O–H groups in total. The number of rotatable bonds is 6. The van der Waals surface area contributed by atoms with Crippen LogP contribution in [0.5, 0.6) is 5.75 Å². The molecule has 2 fully saturated rings. The summed E-state index contributed by atoms with van der Waals surface area (Å²) in [5, 5.41) is 7.76. The molecule has 32 heavy (non-hydrogen) atoms. The normalized spacial score (nSPS) is 25.6. The van der Waals surface area contributed by atoms with Crippen LogP contribution in [0.25, 0.3) is 0 Å². The highest BCUT2D eigenvalue weighted by Crippen LogP contribution is 2.52. The third kappa shape index (κ3) is 3.68. The first-order chi connectivity index (χ1) is 15.5. The summed E-state index contributed by atoms with van der Waals surface area (Å²) in [6, 6.07) is 12.2. The van der Waals surface area contributed by atoms with Crippen molar-refractivity contribution in [1.29, 1.82) is 0 Å². The third-order valence-corrected chi connectivity index (χ3v) is 6.15. The summed E-state index contributed by atoms with van der Waals surface area (Å²) in [5.41, 5.74) is 1.16. The van der Waals surface area contributed by atoms with Crippen molar-refractivity contribution in [3.8, 4) is 5.75 Å². The molecule has 0 unspecified atom stereocenters. The lowest BCUT2D eigenvalue weighted by molar-refractivity contribution is -0.140. The molecule has 0 radical (unpaired) electrons. The van der Waals surface area contributed by atoms with E-state index in [9.17, 15) is 18.8 Å². The minimum absolute atomic E-state index is 0.151. The van der Waals surface area contributed by atoms with Crippen LogP contribution in [0.4, 0.5) is 10.1 Å². The van der Waals surface area contributed by atoms with Gasteiger partial charge in [-0.25, -0.2) is 4.39 Å². The summed E-state index contributed by atoms with van der Waals surface area (Å²) >= 11 is 0. The highest BCUT2D eigenvalue weighted by Gasteiger charge is 2.59. The number of ether oxygens (including phenoxy) is 1. The number of nitrogens with zero attached hydrogens (tertiary/aromatic N) is 2. The Bertz CT molecular complexity index is 1100. The van der Waals surface area contributed by atoms with E-state index < -0.39 is 0 Å². The van der Waals surface area contributed by atoms with Crippen LogP contribution in [0, 0.1) is 29.5 Å². The number of allylic oxidation sites excluding steroid dienone is 2. The van der Waals surface area contributed by atoms with E-state index in [4.69, 9.17) is 4.74 Å². The van der Waals surface area contributed by atoms with Gasteiger partial charge in [0.25, 0.3) is 17.7 Å². The fourth-order valence-corrected chi connectivity index (χ4v) is 4.65. The van der Waals surface area contributed by atoms with E-state index in [1.165, 1.54) is 30.5 Å². The van der Waals surface area contributed by atoms with Gasteiger partial charge in [0.1, 0.15) is 11.6 Å². The summed E-state index contributed by atoms with van der Waals surface area (Å²) in [5.74, 6) is -0.965. The highest BCUT2D eigenvalue weighted by molar-refractivity contribution is 6.06. The van der Waals surface area contributed by atoms with E-state index >= 15 is 0 Å². The Morgan fingerprint density at radius 2 is 1.66 bits per heavy atom. The smallest absolute Gasteiger partial charge is 0.262 e. The first kappa shape index (κ1) is 20.1. The van der Waals surface area contributed by atoms with Crippen molar-refractivity contribution < 1.29 is 23.5 Å². The molecule has 8 heteroatoms. The van der Waals surface area contributed by atoms with Crippen molar-refractivity contribution >= 4 is 29.6 Å². The average molecular weight is 433 g/mol. The molecular weight excluding hydrogens is 413 g/mol. The number of amides is 3. The summed E-state index contributed by atoms with van der Waals surface area (Å²) in [6.45, 7) is -0.208. The van der Waals surface area contributed by atoms with Gasteiger partial charge in [-0.1, -0.05) is 12.2 Å². The van der Waals surface area contributed by atoms with E-state index in [0.29, 0.717) is 17.0 Å². The number of anilines is 1. The Kier molecular flexibility index (Phi) is 5.05. The van der Waals surface area contributed by atoms with Crippen molar-refractivity contribution in [1.82, 2.24) is 5.01 Å². The minimum atomic E-state index is -0.381. The maximum absolute atomic E-state index is 12.9. The number of carbonyl (C=O) groups is 3. The molecule has 3 aliphatic rings. The number of carbonyl (C=O) groups excluding carboxylic acids is 3. The van der Waals surface area contributed by atoms with Gasteiger partial charge in [-0.05, 0) is 72.4 Å². The van der Waals surface area contributed by atoms with Crippen molar-refractivity contribution in [2.45, 2.75) is 6.42 Å². The highest BCUT2D eigenvalue weighted by atomic mass is 19.1. The molecule has 1 heterocycles. The lowest BCUT2D eigenvalue weighted by Gasteiger charge is -2.13. The van der Waals surface area contributed by atoms with Crippen LogP contribution in [-0.2, 0) is 14.4 Å². The van der Waals surface area contributed by atoms with Gasteiger partial charge in [0.05, 0.1) is 18.1 Å². The van der Waals surface area contributed by atoms with E-state index in [-0.39, 0.29) is 53.8 Å². The molecule has 7 nitrogen and oxygen atoms in total. The molecule has 4 atom stereocenters. The lowest BCUT2D eigenvalue weighted by atomic mass is 9.85. The SMILES string of the molecule is O=C(COc1ccc(C=NN2C(=O)[C@@H]3[C@H](C2=O)[C@H]2C=C[C@H]3C2)cc1)Nc1ccc(F)cc1. The molecule has 2 aliphatic carbocycles. The number of hydrogen-bond donors (Lipinski definition) is 1. The van der Waals surface area contributed by atoms with Crippen LogP contribution < -0.4 is 10.1 Å². The maximum Gasteiger partial charge on any atom is 0.262 e. The Hall–Kier alpha value is -3.81. The fourth-order valence-electron chi connectivity index (χ4n) is 4.65. The first-order valence-electron chi connectivity index (χ1n) is 10.4. The van der Waals surface area contributed by atoms with Gasteiger partial charge >= 0.3 is 0 Å². The predicted octanol–water partition coefficient (Wildman–Crippen LogP) is 2.98. The maximum atomic E-state index is 12.9. The number of hydrazone groups is 1. The van der Waals surface area contributed by atoms with Crippen LogP contribution in [0.2, 0.25) is 0 Å². The van der Waals surface area contributed by atoms with Crippen LogP contribution in [0.1, 0.15) is 12.0 Å². The minimum Gasteiger partial charge on any atom is -0.484 e. The second kappa shape index (κ2) is 8.03. The van der Waals surface area contributed by atoms with Crippen molar-refractivity contribution in [2.24, 2.45) is 28.8 Å². The zero-order chi connectivity index (χ0) is 22.2. The summed E-state index contributed by atoms with van der Waals surface area (Å²) in [4.78, 5) is 37.2. The van der Waals surface area contributed by atoms with E-state index in [0.717, 1.165) is 11.4 Å². The van der Waals surface area contributed by atoms with Crippen LogP contribution in [0.15, 0.2) is 65.8 Å². The van der Waals surface area contributed by atoms with Crippen molar-refractivity contribution in [3.05, 3.63) is 72.1 Å². The first-order valence-corrected chi connectivity index (χ1v) is 10.4. The largest absolute Gasteiger partial charge is 0.484 e. The fraction of sp³-hybridized carbons (Fsp3) is 0.250. The quantitative estimate of drug-likeness (QED) is 0.431. The topological polar surface area (TPSA) is 88.1 Å². The molecular formula is C24H20FN3O4. The Morgan fingerprint density at radius 3 is 2.28 bits per heavy atom. The van der Waals surface area contributed by atoms with Crippen molar-refractivity contribution in [3.63, 3.8) is 0 Å². The van der Waals surface area contributed by atoms with E-state index in [1.54, 1.807) is 24.3 Å². The number of fused-ring (bicyclic) bond motifs is 5. The number of benzene rings is 2. The van der Waals surface area contributed by atoms with Crippen LogP contribution in [0.3, 0.4) is 0 Å². The van der Waals surface area contributed by atoms with Gasteiger partial charge in [-0.15, -0.1) is 0 Å². The molecule has 0 spiro atoms. The summed E-state index contributed by atoms with van der Waals surface area (Å²) in [6.07, 6.45) is 6.44. The number of nitrogens with one attached hydrogen (secondary N) is 1. The molecule has 2 aromatic carbocycles. The van der Waals surface area contributed by atoms with Gasteiger partial charge < -0.3 is 10.1 Å². The molecule has 2 bridgehead atoms. The number of hydrogen-bond acceptors (Lipinski definition) is 5. The van der Waals surface area contributed by atoms with Gasteiger partial charge in [0.2, 0.25) is 0 Å². The Morgan fingerprint density at radius 1 is 1.03 bits per heavy atom. The Labute approximate surface area is 183 Å². The van der Waals surface area contributed by atoms with Gasteiger partial charge in [-0.2, -0.15) is 10.1 Å². The average Bonchev–Trinajstić information content (AvgIpc) is 3.47. The molecule has 3 amide bonds. The zero-order valence-electron chi connectivity index (χ0n) is 17.0. The second-order valence-corrected chi connectivity index (χ2v) is 8.15. The predicted molar refractivity (Wildman–Crippen MR) is 114 cm³/mol. The molecule has 1 saturated heterocycles. The van der Waals surface area contributed by atoms with E-state index in [2.05, 4.69) is 10.4 Å². The molecule has 5 rings (SSSR count). The second-order valence-electron chi connectivity index (χ2n) is 8.15. The van der Waals surface area contributed by atoms with E-state index in [1.807, 2.05) is 12.2 Å². The lowest BCUT2D eigenvalue weighted by Crippen LogP contribution is -2.28. The standard InChI is InChI=1S/C24H20FN3O4/c25-17-5-7-18(8-6-17)27-20(29)13-32-19-9-1-14(2-10-19)12-26-28-23(30)21-15-3-4-16(11-15)22(21)24(28)31/h1-10,12,15-16,21-22H,11,13H2,(H,27,29)/t15-,16-,21-,22+/m0/s1. The molecule has 162 valence electrons. The van der Waals surface area contributed by atoms with Gasteiger partial charge in [-0.3, -0.25) is 14.4 Å². The van der Waals surface area contributed by atoms with Gasteiger partial charge in [0.15, 0.2) is 6.61 Å².